The Hall–Kier alpha value is -0.850. The Bertz CT molecular complexity index is 391. The normalized spacial score (nSPS) is 12.9. The minimum absolute atomic E-state index is 0.147. The van der Waals surface area contributed by atoms with E-state index in [1.54, 1.807) is 0 Å². The Balaban J connectivity index is 2.49. The lowest BCUT2D eigenvalue weighted by molar-refractivity contribution is 0.0958. The van der Waals surface area contributed by atoms with Crippen LogP contribution in [0.15, 0.2) is 22.7 Å². The summed E-state index contributed by atoms with van der Waals surface area (Å²) in [6.07, 6.45) is 6.24. The molecule has 1 atom stereocenters. The summed E-state index contributed by atoms with van der Waals surface area (Å²) in [5.74, 6) is 0.377. The van der Waals surface area contributed by atoms with Crippen molar-refractivity contribution in [3.8, 4) is 0 Å². The lowest BCUT2D eigenvalue weighted by Gasteiger charge is -2.01. The van der Waals surface area contributed by atoms with E-state index in [-0.39, 0.29) is 5.91 Å². The van der Waals surface area contributed by atoms with Gasteiger partial charge < -0.3 is 9.87 Å². The molecule has 17 heavy (non-hydrogen) atoms. The van der Waals surface area contributed by atoms with E-state index in [2.05, 4.69) is 10.3 Å². The molecule has 1 aromatic heterocycles. The van der Waals surface area contributed by atoms with E-state index in [4.69, 9.17) is 0 Å². The van der Waals surface area contributed by atoms with Crippen LogP contribution in [0.1, 0.15) is 29.9 Å². The molecule has 0 aliphatic rings. The Kier molecular flexibility index (Phi) is 6.25. The highest BCUT2D eigenvalue weighted by Crippen LogP contribution is 2.19. The predicted molar refractivity (Wildman–Crippen MR) is 70.8 cm³/mol. The molecule has 0 aliphatic carbocycles. The van der Waals surface area contributed by atoms with Crippen LogP contribution in [-0.2, 0) is 11.2 Å². The zero-order valence-corrected chi connectivity index (χ0v) is 11.6. The van der Waals surface area contributed by atoms with Crippen molar-refractivity contribution < 1.29 is 9.35 Å². The van der Waals surface area contributed by atoms with Crippen LogP contribution in [0, 0.1) is 0 Å². The highest BCUT2D eigenvalue weighted by molar-refractivity contribution is 7.93. The van der Waals surface area contributed by atoms with E-state index < -0.39 is 11.2 Å². The van der Waals surface area contributed by atoms with Gasteiger partial charge in [0.15, 0.2) is 0 Å². The second-order valence-electron chi connectivity index (χ2n) is 3.24. The molecule has 4 nitrogen and oxygen atoms in total. The Labute approximate surface area is 108 Å². The zero-order valence-electron chi connectivity index (χ0n) is 9.93. The molecule has 0 aromatic carbocycles. The third-order valence-corrected chi connectivity index (χ3v) is 4.62. The Morgan fingerprint density at radius 2 is 2.47 bits per heavy atom. The van der Waals surface area contributed by atoms with Crippen molar-refractivity contribution in [1.82, 2.24) is 10.3 Å². The molecule has 0 bridgehead atoms. The van der Waals surface area contributed by atoms with Gasteiger partial charge in [0.1, 0.15) is 10.6 Å². The second-order valence-corrected chi connectivity index (χ2v) is 6.18. The van der Waals surface area contributed by atoms with Crippen molar-refractivity contribution >= 4 is 28.4 Å². The molecule has 1 heterocycles. The smallest absolute Gasteiger partial charge is 0.302 e. The van der Waals surface area contributed by atoms with Crippen LogP contribution in [0.25, 0.3) is 0 Å². The molecule has 0 saturated heterocycles. The summed E-state index contributed by atoms with van der Waals surface area (Å²) in [4.78, 5) is 16.2. The van der Waals surface area contributed by atoms with Gasteiger partial charge in [0.2, 0.25) is 0 Å². The average molecular weight is 272 g/mol. The minimum Gasteiger partial charge on any atom is -0.610 e. The third kappa shape index (κ3) is 4.49. The van der Waals surface area contributed by atoms with E-state index in [9.17, 15) is 9.35 Å². The van der Waals surface area contributed by atoms with Gasteiger partial charge in [-0.1, -0.05) is 23.5 Å². The molecule has 1 N–H and O–H groups in total. The van der Waals surface area contributed by atoms with Gasteiger partial charge in [0.25, 0.3) is 5.91 Å². The van der Waals surface area contributed by atoms with Gasteiger partial charge in [-0.05, 0) is 20.3 Å². The molecule has 1 aromatic rings. The van der Waals surface area contributed by atoms with Crippen molar-refractivity contribution in [3.63, 3.8) is 0 Å². The summed E-state index contributed by atoms with van der Waals surface area (Å²) in [7, 11) is 0. The van der Waals surface area contributed by atoms with Crippen LogP contribution >= 0.6 is 11.3 Å². The van der Waals surface area contributed by atoms with Crippen LogP contribution in [0.3, 0.4) is 0 Å². The third-order valence-electron chi connectivity index (χ3n) is 2.00. The highest BCUT2D eigenvalue weighted by Gasteiger charge is 2.17. The zero-order chi connectivity index (χ0) is 12.7. The SMILES string of the molecule is C/C=C\CCNC(=O)c1cnc([S+]([O-])CC)s1. The van der Waals surface area contributed by atoms with E-state index >= 15 is 0 Å². The first kappa shape index (κ1) is 14.2. The summed E-state index contributed by atoms with van der Waals surface area (Å²) in [6, 6.07) is 0. The molecule has 0 fully saturated rings. The lowest BCUT2D eigenvalue weighted by atomic mass is 10.4. The number of carbonyl (C=O) groups excluding carboxylic acids is 1. The molecule has 1 amide bonds. The standard InChI is InChI=1S/C11H16N2O2S2/c1-3-5-6-7-12-10(14)9-8-13-11(16-9)17(15)4-2/h3,5,8H,4,6-7H2,1-2H3,(H,12,14)/b5-3-. The molecular formula is C11H16N2O2S2. The first-order chi connectivity index (χ1) is 8.19. The molecular weight excluding hydrogens is 256 g/mol. The molecule has 1 rings (SSSR count). The Morgan fingerprint density at radius 1 is 1.71 bits per heavy atom. The summed E-state index contributed by atoms with van der Waals surface area (Å²) in [5, 5.41) is 2.79. The fraction of sp³-hybridized carbons (Fsp3) is 0.455. The van der Waals surface area contributed by atoms with Crippen molar-refractivity contribution in [2.75, 3.05) is 12.3 Å². The number of hydrogen-bond donors (Lipinski definition) is 1. The molecule has 6 heteroatoms. The minimum atomic E-state index is -1.08. The van der Waals surface area contributed by atoms with E-state index in [0.29, 0.717) is 21.5 Å². The molecule has 0 saturated carbocycles. The maximum atomic E-state index is 11.7. The molecule has 94 valence electrons. The number of allylic oxidation sites excluding steroid dienone is 1. The van der Waals surface area contributed by atoms with Crippen LogP contribution in [0.4, 0.5) is 0 Å². The Morgan fingerprint density at radius 3 is 3.12 bits per heavy atom. The number of hydrogen-bond acceptors (Lipinski definition) is 4. The maximum Gasteiger partial charge on any atom is 0.302 e. The highest BCUT2D eigenvalue weighted by atomic mass is 32.2. The fourth-order valence-electron chi connectivity index (χ4n) is 1.11. The van der Waals surface area contributed by atoms with Gasteiger partial charge >= 0.3 is 4.34 Å². The maximum absolute atomic E-state index is 11.7. The number of amides is 1. The van der Waals surface area contributed by atoms with Gasteiger partial charge in [-0.2, -0.15) is 4.98 Å². The topological polar surface area (TPSA) is 65.0 Å². The molecule has 0 radical (unpaired) electrons. The summed E-state index contributed by atoms with van der Waals surface area (Å²) >= 11 is 0.118. The van der Waals surface area contributed by atoms with Crippen LogP contribution in [0.2, 0.25) is 0 Å². The van der Waals surface area contributed by atoms with E-state index in [1.165, 1.54) is 17.5 Å². The quantitative estimate of drug-likeness (QED) is 0.489. The van der Waals surface area contributed by atoms with Crippen LogP contribution < -0.4 is 5.32 Å². The predicted octanol–water partition coefficient (Wildman–Crippen LogP) is 1.97. The van der Waals surface area contributed by atoms with Gasteiger partial charge in [0, 0.05) is 17.7 Å². The van der Waals surface area contributed by atoms with Crippen LogP contribution in [0.5, 0.6) is 0 Å². The van der Waals surface area contributed by atoms with Crippen LogP contribution in [-0.4, -0.2) is 27.7 Å². The van der Waals surface area contributed by atoms with Crippen molar-refractivity contribution in [1.29, 1.82) is 0 Å². The number of nitrogens with zero attached hydrogens (tertiary/aromatic N) is 1. The largest absolute Gasteiger partial charge is 0.610 e. The number of thiazole rings is 1. The number of carbonyl (C=O) groups is 1. The summed E-state index contributed by atoms with van der Waals surface area (Å²) < 4.78 is 12.0. The molecule has 0 aliphatic heterocycles. The summed E-state index contributed by atoms with van der Waals surface area (Å²) in [6.45, 7) is 4.37. The first-order valence-electron chi connectivity index (χ1n) is 5.42. The monoisotopic (exact) mass is 272 g/mol. The number of nitrogens with one attached hydrogen (secondary N) is 1. The van der Waals surface area contributed by atoms with Gasteiger partial charge in [0.05, 0.1) is 6.20 Å². The van der Waals surface area contributed by atoms with Crippen molar-refractivity contribution in [2.24, 2.45) is 0 Å². The molecule has 1 unspecified atom stereocenters. The van der Waals surface area contributed by atoms with Gasteiger partial charge in [-0.15, -0.1) is 0 Å². The fourth-order valence-corrected chi connectivity index (χ4v) is 3.09. The molecule has 0 spiro atoms. The van der Waals surface area contributed by atoms with Gasteiger partial charge in [-0.25, -0.2) is 0 Å². The van der Waals surface area contributed by atoms with E-state index in [0.717, 1.165) is 6.42 Å². The van der Waals surface area contributed by atoms with Crippen molar-refractivity contribution in [2.45, 2.75) is 24.6 Å². The lowest BCUT2D eigenvalue weighted by Crippen LogP contribution is -2.23. The van der Waals surface area contributed by atoms with E-state index in [1.807, 2.05) is 26.0 Å². The second kappa shape index (κ2) is 7.47. The van der Waals surface area contributed by atoms with Gasteiger partial charge in [-0.3, -0.25) is 4.79 Å². The van der Waals surface area contributed by atoms with Crippen molar-refractivity contribution in [3.05, 3.63) is 23.2 Å². The summed E-state index contributed by atoms with van der Waals surface area (Å²) in [5.41, 5.74) is 0. The average Bonchev–Trinajstić information content (AvgIpc) is 2.83. The first-order valence-corrected chi connectivity index (χ1v) is 7.56. The number of aromatic nitrogens is 1. The number of rotatable bonds is 6.